The minimum atomic E-state index is -1.10. The van der Waals surface area contributed by atoms with Gasteiger partial charge in [0.25, 0.3) is 0 Å². The summed E-state index contributed by atoms with van der Waals surface area (Å²) in [6.45, 7) is 8.01. The molecule has 114 valence electrons. The number of nitrogens with zero attached hydrogens (tertiary/aromatic N) is 2. The van der Waals surface area contributed by atoms with Crippen molar-refractivity contribution in [2.75, 3.05) is 13.7 Å². The lowest BCUT2D eigenvalue weighted by Gasteiger charge is -2.15. The Bertz CT molecular complexity index is 631. The van der Waals surface area contributed by atoms with Gasteiger partial charge in [-0.2, -0.15) is 5.10 Å². The van der Waals surface area contributed by atoms with E-state index < -0.39 is 14.0 Å². The average molecular weight is 306 g/mol. The molecule has 6 heteroatoms. The molecule has 1 aromatic carbocycles. The number of benzene rings is 1. The van der Waals surface area contributed by atoms with E-state index in [2.05, 4.69) is 24.7 Å². The van der Waals surface area contributed by atoms with Crippen LogP contribution in [0, 0.1) is 0 Å². The maximum atomic E-state index is 11.8. The van der Waals surface area contributed by atoms with Gasteiger partial charge < -0.3 is 9.47 Å². The zero-order valence-electron chi connectivity index (χ0n) is 13.0. The fourth-order valence-electron chi connectivity index (χ4n) is 2.00. The number of rotatable bonds is 6. The molecule has 0 aliphatic heterocycles. The number of aromatic nitrogens is 2. The smallest absolute Gasteiger partial charge is 0.359 e. The Morgan fingerprint density at radius 3 is 2.67 bits per heavy atom. The number of fused-ring (bicyclic) bond motifs is 1. The van der Waals surface area contributed by atoms with Gasteiger partial charge in [0.05, 0.1) is 12.6 Å². The predicted molar refractivity (Wildman–Crippen MR) is 85.2 cm³/mol. The Morgan fingerprint density at radius 2 is 2.00 bits per heavy atom. The van der Waals surface area contributed by atoms with Gasteiger partial charge in [-0.3, -0.25) is 0 Å². The van der Waals surface area contributed by atoms with Crippen molar-refractivity contribution in [2.45, 2.75) is 32.4 Å². The van der Waals surface area contributed by atoms with E-state index in [0.29, 0.717) is 12.4 Å². The van der Waals surface area contributed by atoms with Crippen molar-refractivity contribution in [3.8, 4) is 0 Å². The Morgan fingerprint density at radius 1 is 1.29 bits per heavy atom. The summed E-state index contributed by atoms with van der Waals surface area (Å²) in [5, 5.41) is 5.11. The molecule has 1 aromatic heterocycles. The van der Waals surface area contributed by atoms with Gasteiger partial charge in [-0.1, -0.05) is 37.8 Å². The molecule has 2 aromatic rings. The van der Waals surface area contributed by atoms with Gasteiger partial charge >= 0.3 is 5.97 Å². The minimum absolute atomic E-state index is 0.335. The summed E-state index contributed by atoms with van der Waals surface area (Å²) in [6.07, 6.45) is 0. The molecule has 2 rings (SSSR count). The lowest BCUT2D eigenvalue weighted by Crippen LogP contribution is -2.22. The summed E-state index contributed by atoms with van der Waals surface area (Å²) in [5.74, 6) is -0.424. The van der Waals surface area contributed by atoms with Crippen molar-refractivity contribution < 1.29 is 14.3 Å². The van der Waals surface area contributed by atoms with E-state index in [1.54, 1.807) is 4.68 Å². The van der Waals surface area contributed by atoms with Gasteiger partial charge in [-0.05, 0) is 12.1 Å². The molecule has 0 saturated carbocycles. The highest BCUT2D eigenvalue weighted by molar-refractivity contribution is 6.76. The van der Waals surface area contributed by atoms with Crippen LogP contribution in [0.25, 0.3) is 10.9 Å². The molecule has 0 fully saturated rings. The highest BCUT2D eigenvalue weighted by Crippen LogP contribution is 2.19. The van der Waals surface area contributed by atoms with Gasteiger partial charge in [0.15, 0.2) is 5.69 Å². The number of carbonyl (C=O) groups excluding carboxylic acids is 1. The monoisotopic (exact) mass is 306 g/mol. The normalized spacial score (nSPS) is 11.8. The molecule has 0 bridgehead atoms. The van der Waals surface area contributed by atoms with Crippen LogP contribution < -0.4 is 0 Å². The highest BCUT2D eigenvalue weighted by Gasteiger charge is 2.17. The molecule has 21 heavy (non-hydrogen) atoms. The molecule has 5 nitrogen and oxygen atoms in total. The molecular formula is C15H22N2O3Si. The first-order valence-corrected chi connectivity index (χ1v) is 10.7. The summed E-state index contributed by atoms with van der Waals surface area (Å²) in [5.41, 5.74) is 1.22. The van der Waals surface area contributed by atoms with E-state index in [-0.39, 0.29) is 0 Å². The largest absolute Gasteiger partial charge is 0.464 e. The number of hydrogen-bond acceptors (Lipinski definition) is 4. The first kappa shape index (κ1) is 15.7. The first-order valence-electron chi connectivity index (χ1n) is 7.04. The van der Waals surface area contributed by atoms with Crippen molar-refractivity contribution >= 4 is 24.9 Å². The van der Waals surface area contributed by atoms with E-state index in [0.717, 1.165) is 23.6 Å². The number of hydrogen-bond donors (Lipinski definition) is 0. The number of para-hydroxylation sites is 1. The fraction of sp³-hybridized carbons (Fsp3) is 0.467. The Balaban J connectivity index is 2.15. The molecule has 1 heterocycles. The van der Waals surface area contributed by atoms with E-state index >= 15 is 0 Å². The molecule has 0 N–H and O–H groups in total. The van der Waals surface area contributed by atoms with Crippen molar-refractivity contribution in [1.82, 2.24) is 9.78 Å². The van der Waals surface area contributed by atoms with Crippen LogP contribution in [0.1, 0.15) is 10.5 Å². The average Bonchev–Trinajstić information content (AvgIpc) is 2.81. The third kappa shape index (κ3) is 3.92. The molecule has 0 aliphatic rings. The second-order valence-corrected chi connectivity index (χ2v) is 11.8. The van der Waals surface area contributed by atoms with Crippen LogP contribution >= 0.6 is 0 Å². The standard InChI is InChI=1S/C15H22N2O3Si/c1-19-15(18)14-12-7-5-6-8-13(12)17(16-14)11-20-9-10-21(2,3)4/h5-8H,9-11H2,1-4H3. The quantitative estimate of drug-likeness (QED) is 0.467. The second-order valence-electron chi connectivity index (χ2n) is 6.20. The Hall–Kier alpha value is -1.66. The second kappa shape index (κ2) is 6.40. The van der Waals surface area contributed by atoms with Crippen LogP contribution in [0.3, 0.4) is 0 Å². The minimum Gasteiger partial charge on any atom is -0.464 e. The maximum Gasteiger partial charge on any atom is 0.359 e. The fourth-order valence-corrected chi connectivity index (χ4v) is 2.76. The molecule has 0 saturated heterocycles. The SMILES string of the molecule is COC(=O)c1nn(COCC[Si](C)(C)C)c2ccccc12. The summed E-state index contributed by atoms with van der Waals surface area (Å²) in [6, 6.07) is 8.70. The van der Waals surface area contributed by atoms with Gasteiger partial charge in [0.1, 0.15) is 6.73 Å². The third-order valence-corrected chi connectivity index (χ3v) is 4.95. The van der Waals surface area contributed by atoms with Gasteiger partial charge in [0.2, 0.25) is 0 Å². The number of carbonyl (C=O) groups is 1. The number of methoxy groups -OCH3 is 1. The third-order valence-electron chi connectivity index (χ3n) is 3.25. The van der Waals surface area contributed by atoms with Crippen molar-refractivity contribution in [3.63, 3.8) is 0 Å². The highest BCUT2D eigenvalue weighted by atomic mass is 28.3. The Kier molecular flexibility index (Phi) is 4.79. The summed E-state index contributed by atoms with van der Waals surface area (Å²) < 4.78 is 12.2. The predicted octanol–water partition coefficient (Wildman–Crippen LogP) is 3.14. The maximum absolute atomic E-state index is 11.8. The Labute approximate surface area is 125 Å². The van der Waals surface area contributed by atoms with Gasteiger partial charge in [-0.25, -0.2) is 9.48 Å². The molecule has 0 spiro atoms. The zero-order valence-corrected chi connectivity index (χ0v) is 14.0. The molecule has 0 radical (unpaired) electrons. The van der Waals surface area contributed by atoms with E-state index in [9.17, 15) is 4.79 Å². The topological polar surface area (TPSA) is 53.3 Å². The number of esters is 1. The molecule has 0 amide bonds. The van der Waals surface area contributed by atoms with E-state index in [4.69, 9.17) is 9.47 Å². The lowest BCUT2D eigenvalue weighted by molar-refractivity contribution is 0.0585. The van der Waals surface area contributed by atoms with Crippen LogP contribution in [0.4, 0.5) is 0 Å². The van der Waals surface area contributed by atoms with Crippen LogP contribution in [0.5, 0.6) is 0 Å². The molecule has 0 unspecified atom stereocenters. The van der Waals surface area contributed by atoms with E-state index in [1.807, 2.05) is 24.3 Å². The zero-order chi connectivity index (χ0) is 15.5. The summed E-state index contributed by atoms with van der Waals surface area (Å²) >= 11 is 0. The van der Waals surface area contributed by atoms with Gasteiger partial charge in [0, 0.05) is 20.1 Å². The molecule has 0 atom stereocenters. The molecule has 0 aliphatic carbocycles. The first-order chi connectivity index (χ1) is 9.92. The van der Waals surface area contributed by atoms with Crippen LogP contribution in [-0.2, 0) is 16.2 Å². The van der Waals surface area contributed by atoms with E-state index in [1.165, 1.54) is 7.11 Å². The lowest BCUT2D eigenvalue weighted by atomic mass is 10.2. The van der Waals surface area contributed by atoms with Gasteiger partial charge in [-0.15, -0.1) is 0 Å². The van der Waals surface area contributed by atoms with Crippen LogP contribution in [0.15, 0.2) is 24.3 Å². The summed E-state index contributed by atoms with van der Waals surface area (Å²) in [7, 11) is 0.265. The summed E-state index contributed by atoms with van der Waals surface area (Å²) in [4.78, 5) is 11.8. The number of ether oxygens (including phenoxy) is 2. The van der Waals surface area contributed by atoms with Crippen LogP contribution in [0.2, 0.25) is 25.7 Å². The molecular weight excluding hydrogens is 284 g/mol. The van der Waals surface area contributed by atoms with Crippen molar-refractivity contribution in [1.29, 1.82) is 0 Å². The van der Waals surface area contributed by atoms with Crippen LogP contribution in [-0.4, -0.2) is 37.5 Å². The van der Waals surface area contributed by atoms with Crippen molar-refractivity contribution in [2.24, 2.45) is 0 Å². The van der Waals surface area contributed by atoms with Crippen molar-refractivity contribution in [3.05, 3.63) is 30.0 Å².